The summed E-state index contributed by atoms with van der Waals surface area (Å²) in [5.41, 5.74) is 0.987. The summed E-state index contributed by atoms with van der Waals surface area (Å²) in [7, 11) is -3.61. The van der Waals surface area contributed by atoms with Crippen molar-refractivity contribution >= 4 is 10.0 Å². The Morgan fingerprint density at radius 3 is 2.80 bits per heavy atom. The minimum atomic E-state index is -3.61. The Balaban J connectivity index is 1.87. The number of hydrogen-bond acceptors (Lipinski definition) is 4. The molecule has 2 saturated heterocycles. The predicted octanol–water partition coefficient (Wildman–Crippen LogP) is 1.46. The maximum absolute atomic E-state index is 12.5. The van der Waals surface area contributed by atoms with Crippen LogP contribution in [0.15, 0.2) is 23.1 Å². The van der Waals surface area contributed by atoms with Crippen LogP contribution in [0.2, 0.25) is 0 Å². The van der Waals surface area contributed by atoms with Crippen LogP contribution in [0.1, 0.15) is 30.4 Å². The first-order chi connectivity index (χ1) is 9.49. The smallest absolute Gasteiger partial charge is 0.241 e. The predicted molar refractivity (Wildman–Crippen MR) is 72.5 cm³/mol. The highest BCUT2D eigenvalue weighted by Crippen LogP contribution is 2.35. The zero-order valence-corrected chi connectivity index (χ0v) is 12.0. The fourth-order valence-electron chi connectivity index (χ4n) is 2.98. The third-order valence-electron chi connectivity index (χ3n) is 4.02. The van der Waals surface area contributed by atoms with E-state index >= 15 is 0 Å². The highest BCUT2D eigenvalue weighted by molar-refractivity contribution is 7.89. The van der Waals surface area contributed by atoms with E-state index in [0.29, 0.717) is 11.1 Å². The van der Waals surface area contributed by atoms with Gasteiger partial charge in [0.25, 0.3) is 0 Å². The van der Waals surface area contributed by atoms with Crippen LogP contribution < -0.4 is 4.72 Å². The Labute approximate surface area is 118 Å². The van der Waals surface area contributed by atoms with Gasteiger partial charge < -0.3 is 4.74 Å². The minimum Gasteiger partial charge on any atom is -0.373 e. The monoisotopic (exact) mass is 292 g/mol. The van der Waals surface area contributed by atoms with Gasteiger partial charge in [0.2, 0.25) is 10.0 Å². The molecule has 106 valence electrons. The van der Waals surface area contributed by atoms with Crippen molar-refractivity contribution in [1.82, 2.24) is 4.72 Å². The second kappa shape index (κ2) is 4.85. The molecule has 0 aromatic heterocycles. The Morgan fingerprint density at radius 2 is 2.20 bits per heavy atom. The van der Waals surface area contributed by atoms with E-state index in [0.717, 1.165) is 19.3 Å². The summed E-state index contributed by atoms with van der Waals surface area (Å²) >= 11 is 0. The third-order valence-corrected chi connectivity index (χ3v) is 5.65. The molecule has 0 spiro atoms. The Kier molecular flexibility index (Phi) is 3.28. The van der Waals surface area contributed by atoms with E-state index in [1.807, 2.05) is 6.07 Å². The Morgan fingerprint density at radius 1 is 1.40 bits per heavy atom. The molecule has 0 aliphatic carbocycles. The van der Waals surface area contributed by atoms with Crippen molar-refractivity contribution in [2.45, 2.75) is 49.3 Å². The standard InChI is InChI=1S/C14H16N2O3S/c1-9-2-3-10(8-15)6-14(9)20(17,18)16-12-7-11-4-5-13(12)19-11/h2-3,6,11-13,16H,4-5,7H2,1H3. The van der Waals surface area contributed by atoms with Gasteiger partial charge >= 0.3 is 0 Å². The molecule has 1 N–H and O–H groups in total. The van der Waals surface area contributed by atoms with Crippen LogP contribution in [0.5, 0.6) is 0 Å². The van der Waals surface area contributed by atoms with Gasteiger partial charge in [0.15, 0.2) is 0 Å². The quantitative estimate of drug-likeness (QED) is 0.915. The molecule has 2 aliphatic heterocycles. The van der Waals surface area contributed by atoms with Crippen molar-refractivity contribution in [2.75, 3.05) is 0 Å². The fourth-order valence-corrected chi connectivity index (χ4v) is 4.53. The van der Waals surface area contributed by atoms with E-state index in [1.54, 1.807) is 19.1 Å². The average Bonchev–Trinajstić information content (AvgIpc) is 3.01. The summed E-state index contributed by atoms with van der Waals surface area (Å²) in [4.78, 5) is 0.180. The molecule has 5 nitrogen and oxygen atoms in total. The maximum atomic E-state index is 12.5. The second-order valence-electron chi connectivity index (χ2n) is 5.43. The van der Waals surface area contributed by atoms with Crippen LogP contribution in [0.3, 0.4) is 0 Å². The van der Waals surface area contributed by atoms with Gasteiger partial charge in [-0.1, -0.05) is 6.07 Å². The minimum absolute atomic E-state index is 0.00534. The fraction of sp³-hybridized carbons (Fsp3) is 0.500. The molecule has 1 aromatic rings. The van der Waals surface area contributed by atoms with Gasteiger partial charge in [0.1, 0.15) is 0 Å². The molecular formula is C14H16N2O3S. The Hall–Kier alpha value is -1.42. The molecule has 2 fully saturated rings. The first-order valence-electron chi connectivity index (χ1n) is 6.68. The summed E-state index contributed by atoms with van der Waals surface area (Å²) in [6, 6.07) is 6.52. The van der Waals surface area contributed by atoms with Crippen molar-refractivity contribution < 1.29 is 13.2 Å². The zero-order chi connectivity index (χ0) is 14.3. The van der Waals surface area contributed by atoms with Crippen molar-refractivity contribution in [3.63, 3.8) is 0 Å². The third kappa shape index (κ3) is 2.33. The first kappa shape index (κ1) is 13.6. The summed E-state index contributed by atoms with van der Waals surface area (Å²) < 4.78 is 33.4. The summed E-state index contributed by atoms with van der Waals surface area (Å²) in [5.74, 6) is 0. The number of rotatable bonds is 3. The lowest BCUT2D eigenvalue weighted by molar-refractivity contribution is 0.0996. The second-order valence-corrected chi connectivity index (χ2v) is 7.11. The molecule has 2 aliphatic rings. The number of nitriles is 1. The molecule has 0 amide bonds. The molecule has 1 aromatic carbocycles. The van der Waals surface area contributed by atoms with Crippen LogP contribution in [0, 0.1) is 18.3 Å². The molecule has 0 radical (unpaired) electrons. The average molecular weight is 292 g/mol. The number of nitrogens with one attached hydrogen (secondary N) is 1. The van der Waals surface area contributed by atoms with Gasteiger partial charge in [-0.2, -0.15) is 5.26 Å². The first-order valence-corrected chi connectivity index (χ1v) is 8.16. The van der Waals surface area contributed by atoms with E-state index in [9.17, 15) is 8.42 Å². The van der Waals surface area contributed by atoms with E-state index in [1.165, 1.54) is 6.07 Å². The summed E-state index contributed by atoms with van der Waals surface area (Å²) in [5, 5.41) is 8.90. The summed E-state index contributed by atoms with van der Waals surface area (Å²) in [6.45, 7) is 1.73. The lowest BCUT2D eigenvalue weighted by atomic mass is 9.96. The number of ether oxygens (including phenoxy) is 1. The highest BCUT2D eigenvalue weighted by Gasteiger charge is 2.42. The number of nitrogens with zero attached hydrogens (tertiary/aromatic N) is 1. The van der Waals surface area contributed by atoms with Crippen LogP contribution >= 0.6 is 0 Å². The van der Waals surface area contributed by atoms with Crippen molar-refractivity contribution in [3.8, 4) is 6.07 Å². The molecule has 20 heavy (non-hydrogen) atoms. The molecule has 3 unspecified atom stereocenters. The molecular weight excluding hydrogens is 276 g/mol. The number of aryl methyl sites for hydroxylation is 1. The molecule has 6 heteroatoms. The van der Waals surface area contributed by atoms with Crippen molar-refractivity contribution in [3.05, 3.63) is 29.3 Å². The highest BCUT2D eigenvalue weighted by atomic mass is 32.2. The van der Waals surface area contributed by atoms with Gasteiger partial charge in [-0.05, 0) is 43.9 Å². The molecule has 3 rings (SSSR count). The van der Waals surface area contributed by atoms with E-state index in [4.69, 9.17) is 10.00 Å². The van der Waals surface area contributed by atoms with Crippen LogP contribution in [-0.4, -0.2) is 26.7 Å². The van der Waals surface area contributed by atoms with E-state index in [-0.39, 0.29) is 23.1 Å². The normalized spacial score (nSPS) is 28.5. The number of fused-ring (bicyclic) bond motifs is 2. The van der Waals surface area contributed by atoms with E-state index in [2.05, 4.69) is 4.72 Å². The zero-order valence-electron chi connectivity index (χ0n) is 11.2. The molecule has 2 heterocycles. The lowest BCUT2D eigenvalue weighted by Crippen LogP contribution is -2.41. The van der Waals surface area contributed by atoms with Crippen LogP contribution in [0.25, 0.3) is 0 Å². The van der Waals surface area contributed by atoms with Gasteiger partial charge in [-0.25, -0.2) is 13.1 Å². The van der Waals surface area contributed by atoms with Crippen molar-refractivity contribution in [2.24, 2.45) is 0 Å². The SMILES string of the molecule is Cc1ccc(C#N)cc1S(=O)(=O)NC1CC2CCC1O2. The lowest BCUT2D eigenvalue weighted by Gasteiger charge is -2.20. The number of benzene rings is 1. The summed E-state index contributed by atoms with van der Waals surface area (Å²) in [6.07, 6.45) is 2.86. The van der Waals surface area contributed by atoms with Crippen LogP contribution in [-0.2, 0) is 14.8 Å². The van der Waals surface area contributed by atoms with Gasteiger partial charge in [-0.3, -0.25) is 0 Å². The molecule has 2 bridgehead atoms. The topological polar surface area (TPSA) is 79.2 Å². The van der Waals surface area contributed by atoms with Gasteiger partial charge in [-0.15, -0.1) is 0 Å². The van der Waals surface area contributed by atoms with E-state index < -0.39 is 10.0 Å². The Bertz CT molecular complexity index is 678. The van der Waals surface area contributed by atoms with Crippen LogP contribution in [0.4, 0.5) is 0 Å². The largest absolute Gasteiger partial charge is 0.373 e. The molecule has 3 atom stereocenters. The number of sulfonamides is 1. The maximum Gasteiger partial charge on any atom is 0.241 e. The van der Waals surface area contributed by atoms with Crippen molar-refractivity contribution in [1.29, 1.82) is 5.26 Å². The molecule has 0 saturated carbocycles. The van der Waals surface area contributed by atoms with Gasteiger partial charge in [0.05, 0.1) is 34.8 Å². The number of hydrogen-bond donors (Lipinski definition) is 1. The van der Waals surface area contributed by atoms with Gasteiger partial charge in [0, 0.05) is 0 Å².